The first-order valence-electron chi connectivity index (χ1n) is 5.56. The van der Waals surface area contributed by atoms with E-state index in [0.29, 0.717) is 21.9 Å². The van der Waals surface area contributed by atoms with Crippen molar-refractivity contribution < 1.29 is 13.9 Å². The molecule has 5 heteroatoms. The van der Waals surface area contributed by atoms with E-state index in [1.807, 2.05) is 0 Å². The van der Waals surface area contributed by atoms with Crippen LogP contribution in [0.15, 0.2) is 12.1 Å². The van der Waals surface area contributed by atoms with Crippen molar-refractivity contribution in [3.8, 4) is 18.1 Å². The number of carbonyl (C=O) groups is 1. The third kappa shape index (κ3) is 2.74. The van der Waals surface area contributed by atoms with Crippen molar-refractivity contribution in [3.05, 3.63) is 30.4 Å². The first-order valence-corrected chi connectivity index (χ1v) is 5.97. The maximum atomic E-state index is 13.8. The summed E-state index contributed by atoms with van der Waals surface area (Å²) in [5, 5.41) is 0. The van der Waals surface area contributed by atoms with Gasteiger partial charge in [-0.1, -0.05) is 18.1 Å². The molecule has 19 heavy (non-hydrogen) atoms. The first kappa shape index (κ1) is 13.5. The van der Waals surface area contributed by atoms with Crippen molar-refractivity contribution in [2.75, 3.05) is 18.1 Å². The molecule has 1 aromatic carbocycles. The van der Waals surface area contributed by atoms with Gasteiger partial charge in [-0.15, -0.1) is 6.42 Å². The molecule has 0 bridgehead atoms. The third-order valence-corrected chi connectivity index (χ3v) is 2.85. The first-order chi connectivity index (χ1) is 9.02. The molecule has 0 atom stereocenters. The Hall–Kier alpha value is -1.93. The Labute approximate surface area is 116 Å². The van der Waals surface area contributed by atoms with E-state index in [1.54, 1.807) is 0 Å². The van der Waals surface area contributed by atoms with Crippen LogP contribution in [-0.4, -0.2) is 23.9 Å². The van der Waals surface area contributed by atoms with Crippen LogP contribution in [0.3, 0.4) is 0 Å². The molecule has 3 nitrogen and oxygen atoms in total. The van der Waals surface area contributed by atoms with Crippen molar-refractivity contribution in [3.63, 3.8) is 0 Å². The van der Waals surface area contributed by atoms with E-state index in [-0.39, 0.29) is 25.5 Å². The normalized spacial score (nSPS) is 13.5. The SMILES string of the molecule is C#CCN1C(=O)COc2cc(F)c(CC([CH2])=S)cc21. The van der Waals surface area contributed by atoms with Crippen LogP contribution in [-0.2, 0) is 11.2 Å². The lowest BCUT2D eigenvalue weighted by Crippen LogP contribution is -2.39. The number of rotatable bonds is 3. The van der Waals surface area contributed by atoms with E-state index in [4.69, 9.17) is 23.4 Å². The maximum Gasteiger partial charge on any atom is 0.265 e. The van der Waals surface area contributed by atoms with Crippen LogP contribution in [0, 0.1) is 25.1 Å². The van der Waals surface area contributed by atoms with Crippen LogP contribution in [0.1, 0.15) is 5.56 Å². The molecule has 2 rings (SSSR count). The second-order valence-corrected chi connectivity index (χ2v) is 4.68. The molecule has 0 aliphatic carbocycles. The van der Waals surface area contributed by atoms with Gasteiger partial charge in [0, 0.05) is 12.5 Å². The zero-order valence-electron chi connectivity index (χ0n) is 10.1. The van der Waals surface area contributed by atoms with E-state index in [1.165, 1.54) is 17.0 Å². The van der Waals surface area contributed by atoms with Crippen molar-refractivity contribution >= 4 is 28.7 Å². The molecule has 1 heterocycles. The fourth-order valence-electron chi connectivity index (χ4n) is 1.88. The van der Waals surface area contributed by atoms with Crippen LogP contribution in [0.25, 0.3) is 0 Å². The fourth-order valence-corrected chi connectivity index (χ4v) is 2.03. The van der Waals surface area contributed by atoms with Gasteiger partial charge in [0.2, 0.25) is 0 Å². The minimum absolute atomic E-state index is 0.120. The lowest BCUT2D eigenvalue weighted by molar-refractivity contribution is -0.121. The monoisotopic (exact) mass is 276 g/mol. The van der Waals surface area contributed by atoms with E-state index in [2.05, 4.69) is 12.8 Å². The molecule has 1 aliphatic rings. The van der Waals surface area contributed by atoms with E-state index in [0.717, 1.165) is 0 Å². The average Bonchev–Trinajstić information content (AvgIpc) is 2.34. The summed E-state index contributed by atoms with van der Waals surface area (Å²) in [6, 6.07) is 2.79. The number of nitrogens with zero attached hydrogens (tertiary/aromatic N) is 1. The highest BCUT2D eigenvalue weighted by Gasteiger charge is 2.26. The van der Waals surface area contributed by atoms with Gasteiger partial charge in [-0.25, -0.2) is 4.39 Å². The van der Waals surface area contributed by atoms with Gasteiger partial charge < -0.3 is 4.74 Å². The number of carbonyl (C=O) groups excluding carboxylic acids is 1. The second kappa shape index (κ2) is 5.37. The Morgan fingerprint density at radius 3 is 3.00 bits per heavy atom. The highest BCUT2D eigenvalue weighted by molar-refractivity contribution is 7.80. The summed E-state index contributed by atoms with van der Waals surface area (Å²) in [4.78, 5) is 13.6. The predicted molar refractivity (Wildman–Crippen MR) is 74.7 cm³/mol. The Kier molecular flexibility index (Phi) is 3.82. The van der Waals surface area contributed by atoms with Crippen molar-refractivity contribution in [2.45, 2.75) is 6.42 Å². The molecule has 1 aliphatic heterocycles. The maximum absolute atomic E-state index is 13.8. The van der Waals surface area contributed by atoms with Crippen LogP contribution < -0.4 is 9.64 Å². The summed E-state index contributed by atoms with van der Waals surface area (Å²) in [6.07, 6.45) is 5.47. The zero-order chi connectivity index (χ0) is 14.0. The molecule has 1 aromatic rings. The molecule has 0 saturated heterocycles. The summed E-state index contributed by atoms with van der Waals surface area (Å²) < 4.78 is 19.0. The quantitative estimate of drug-likeness (QED) is 0.624. The van der Waals surface area contributed by atoms with Crippen molar-refractivity contribution in [1.82, 2.24) is 0 Å². The molecule has 0 aromatic heterocycles. The van der Waals surface area contributed by atoms with Crippen LogP contribution in [0.4, 0.5) is 10.1 Å². The largest absolute Gasteiger partial charge is 0.481 e. The van der Waals surface area contributed by atoms with E-state index < -0.39 is 5.82 Å². The second-order valence-electron chi connectivity index (χ2n) is 4.10. The molecule has 0 N–H and O–H groups in total. The highest BCUT2D eigenvalue weighted by Crippen LogP contribution is 2.34. The summed E-state index contributed by atoms with van der Waals surface area (Å²) >= 11 is 4.87. The third-order valence-electron chi connectivity index (χ3n) is 2.71. The standard InChI is InChI=1S/C14H11FNO2S/c1-3-4-16-12-6-10(5-9(2)19)11(15)7-13(12)18-8-14(16)17/h1,6-7H,2,4-5,8H2. The summed E-state index contributed by atoms with van der Waals surface area (Å²) in [5.74, 6) is 2.03. The zero-order valence-corrected chi connectivity index (χ0v) is 10.9. The minimum Gasteiger partial charge on any atom is -0.481 e. The van der Waals surface area contributed by atoms with E-state index >= 15 is 0 Å². The number of benzene rings is 1. The Balaban J connectivity index is 2.47. The molecule has 97 valence electrons. The Morgan fingerprint density at radius 2 is 2.37 bits per heavy atom. The van der Waals surface area contributed by atoms with Gasteiger partial charge in [-0.3, -0.25) is 9.69 Å². The Morgan fingerprint density at radius 1 is 1.63 bits per heavy atom. The fraction of sp³-hybridized carbons (Fsp3) is 0.214. The summed E-state index contributed by atoms with van der Waals surface area (Å²) in [6.45, 7) is 3.56. The number of fused-ring (bicyclic) bond motifs is 1. The molecule has 1 amide bonds. The van der Waals surface area contributed by atoms with Gasteiger partial charge in [0.05, 0.1) is 12.2 Å². The number of amides is 1. The van der Waals surface area contributed by atoms with Crippen LogP contribution in [0.2, 0.25) is 0 Å². The number of thiocarbonyl (C=S) groups is 1. The minimum atomic E-state index is -0.431. The summed E-state index contributed by atoms with van der Waals surface area (Å²) in [7, 11) is 0. The predicted octanol–water partition coefficient (Wildman–Crippen LogP) is 1.93. The van der Waals surface area contributed by atoms with Gasteiger partial charge in [-0.2, -0.15) is 0 Å². The lowest BCUT2D eigenvalue weighted by Gasteiger charge is -2.28. The lowest BCUT2D eigenvalue weighted by atomic mass is 10.1. The van der Waals surface area contributed by atoms with Crippen LogP contribution in [0.5, 0.6) is 5.75 Å². The number of ether oxygens (including phenoxy) is 1. The van der Waals surface area contributed by atoms with E-state index in [9.17, 15) is 9.18 Å². The molecule has 0 fully saturated rings. The number of hydrogen-bond donors (Lipinski definition) is 0. The number of anilines is 1. The topological polar surface area (TPSA) is 29.5 Å². The van der Waals surface area contributed by atoms with Gasteiger partial charge in [0.1, 0.15) is 11.6 Å². The van der Waals surface area contributed by atoms with Gasteiger partial charge >= 0.3 is 0 Å². The smallest absolute Gasteiger partial charge is 0.265 e. The van der Waals surface area contributed by atoms with Gasteiger partial charge in [-0.05, 0) is 23.4 Å². The summed E-state index contributed by atoms with van der Waals surface area (Å²) in [5.41, 5.74) is 0.848. The van der Waals surface area contributed by atoms with Gasteiger partial charge in [0.15, 0.2) is 6.61 Å². The molecular formula is C14H11FNO2S. The van der Waals surface area contributed by atoms with Crippen molar-refractivity contribution in [1.29, 1.82) is 0 Å². The molecule has 0 unspecified atom stereocenters. The molecular weight excluding hydrogens is 265 g/mol. The van der Waals surface area contributed by atoms with Crippen molar-refractivity contribution in [2.24, 2.45) is 0 Å². The molecule has 1 radical (unpaired) electrons. The molecule has 0 saturated carbocycles. The Bertz CT molecular complexity index is 592. The van der Waals surface area contributed by atoms with Crippen LogP contribution >= 0.6 is 12.2 Å². The number of halogens is 1. The number of terminal acetylenes is 1. The van der Waals surface area contributed by atoms with Gasteiger partial charge in [0.25, 0.3) is 5.91 Å². The molecule has 0 spiro atoms. The highest BCUT2D eigenvalue weighted by atomic mass is 32.1. The number of hydrogen-bond acceptors (Lipinski definition) is 3. The average molecular weight is 276 g/mol.